The normalized spacial score (nSPS) is 13.6. The summed E-state index contributed by atoms with van der Waals surface area (Å²) in [6, 6.07) is 0. The van der Waals surface area contributed by atoms with Gasteiger partial charge in [-0.15, -0.1) is 0 Å². The van der Waals surface area contributed by atoms with Crippen LogP contribution in [0.15, 0.2) is 0 Å². The monoisotopic (exact) mass is 248 g/mol. The van der Waals surface area contributed by atoms with Crippen molar-refractivity contribution in [3.05, 3.63) is 0 Å². The van der Waals surface area contributed by atoms with E-state index in [-0.39, 0.29) is 12.3 Å². The van der Waals surface area contributed by atoms with Gasteiger partial charge in [0.2, 0.25) is 0 Å². The molecule has 94 valence electrons. The van der Waals surface area contributed by atoms with Crippen molar-refractivity contribution in [3.8, 4) is 11.8 Å². The molecule has 0 aliphatic rings. The van der Waals surface area contributed by atoms with Gasteiger partial charge in [0, 0.05) is 6.42 Å². The van der Waals surface area contributed by atoms with Crippen LogP contribution in [0.2, 0.25) is 0 Å². The average Bonchev–Trinajstić information content (AvgIpc) is 1.98. The first-order chi connectivity index (χ1) is 6.92. The highest BCUT2D eigenvalue weighted by Crippen LogP contribution is 2.42. The molecule has 0 aromatic carbocycles. The van der Waals surface area contributed by atoms with Crippen molar-refractivity contribution in [2.75, 3.05) is 0 Å². The molecule has 0 saturated heterocycles. The third kappa shape index (κ3) is 3.30. The van der Waals surface area contributed by atoms with Crippen LogP contribution in [0, 0.1) is 17.8 Å². The summed E-state index contributed by atoms with van der Waals surface area (Å²) >= 11 is 0. The molecule has 0 saturated carbocycles. The predicted octanol–water partition coefficient (Wildman–Crippen LogP) is 2.89. The summed E-state index contributed by atoms with van der Waals surface area (Å²) in [7, 11) is 0. The maximum absolute atomic E-state index is 12.1. The summed E-state index contributed by atoms with van der Waals surface area (Å²) in [5.74, 6) is 2.38. The predicted molar refractivity (Wildman–Crippen MR) is 44.3 cm³/mol. The highest BCUT2D eigenvalue weighted by Gasteiger charge is 2.70. The molecule has 0 aromatic heterocycles. The van der Waals surface area contributed by atoms with Gasteiger partial charge < -0.3 is 5.11 Å². The Morgan fingerprint density at radius 3 is 1.62 bits per heavy atom. The minimum absolute atomic E-state index is 0.158. The van der Waals surface area contributed by atoms with E-state index in [4.69, 9.17) is 5.11 Å². The molecule has 1 N–H and O–H groups in total. The van der Waals surface area contributed by atoms with E-state index in [9.17, 15) is 26.3 Å². The van der Waals surface area contributed by atoms with Gasteiger partial charge in [-0.2, -0.15) is 26.3 Å². The van der Waals surface area contributed by atoms with Crippen molar-refractivity contribution >= 4 is 0 Å². The molecular weight excluding hydrogens is 238 g/mol. The Kier molecular flexibility index (Phi) is 4.28. The van der Waals surface area contributed by atoms with Crippen molar-refractivity contribution in [2.24, 2.45) is 5.92 Å². The molecule has 0 rings (SSSR count). The Balaban J connectivity index is 5.19. The molecule has 0 aromatic rings. The highest BCUT2D eigenvalue weighted by atomic mass is 19.4. The van der Waals surface area contributed by atoms with E-state index in [0.29, 0.717) is 0 Å². The molecule has 16 heavy (non-hydrogen) atoms. The first-order valence-electron chi connectivity index (χ1n) is 4.27. The molecule has 0 radical (unpaired) electrons. The summed E-state index contributed by atoms with van der Waals surface area (Å²) in [5, 5.41) is 8.57. The fourth-order valence-electron chi connectivity index (χ4n) is 0.686. The van der Waals surface area contributed by atoms with Gasteiger partial charge in [0.15, 0.2) is 0 Å². The van der Waals surface area contributed by atoms with Crippen LogP contribution >= 0.6 is 0 Å². The van der Waals surface area contributed by atoms with Crippen molar-refractivity contribution in [2.45, 2.75) is 38.2 Å². The smallest absolute Gasteiger partial charge is 0.363 e. The number of alkyl halides is 6. The van der Waals surface area contributed by atoms with Crippen LogP contribution < -0.4 is 0 Å². The molecule has 0 heterocycles. The molecule has 0 spiro atoms. The van der Waals surface area contributed by atoms with Crippen molar-refractivity contribution in [1.82, 2.24) is 0 Å². The molecular formula is C9H10F6O. The fraction of sp³-hybridized carbons (Fsp3) is 0.778. The number of rotatable bonds is 1. The van der Waals surface area contributed by atoms with E-state index in [2.05, 4.69) is 0 Å². The van der Waals surface area contributed by atoms with Crippen LogP contribution in [0.25, 0.3) is 0 Å². The zero-order valence-corrected chi connectivity index (χ0v) is 8.50. The molecule has 0 fully saturated rings. The van der Waals surface area contributed by atoms with Crippen LogP contribution in [-0.4, -0.2) is 23.1 Å². The van der Waals surface area contributed by atoms with Crippen LogP contribution in [0.1, 0.15) is 20.3 Å². The van der Waals surface area contributed by atoms with Gasteiger partial charge in [0.05, 0.1) is 0 Å². The van der Waals surface area contributed by atoms with Crippen molar-refractivity contribution in [1.29, 1.82) is 0 Å². The van der Waals surface area contributed by atoms with Gasteiger partial charge in [-0.25, -0.2) is 0 Å². The number of hydrogen-bond donors (Lipinski definition) is 1. The van der Waals surface area contributed by atoms with E-state index in [1.807, 2.05) is 0 Å². The SMILES string of the molecule is CC(C)CC#CC(O)(C(F)(F)F)C(F)(F)F. The minimum atomic E-state index is -5.87. The summed E-state index contributed by atoms with van der Waals surface area (Å²) < 4.78 is 72.3. The summed E-state index contributed by atoms with van der Waals surface area (Å²) in [6.45, 7) is 3.16. The molecule has 0 unspecified atom stereocenters. The van der Waals surface area contributed by atoms with Crippen LogP contribution in [-0.2, 0) is 0 Å². The lowest BCUT2D eigenvalue weighted by Crippen LogP contribution is -2.55. The van der Waals surface area contributed by atoms with Gasteiger partial charge in [0.1, 0.15) is 0 Å². The molecule has 7 heteroatoms. The topological polar surface area (TPSA) is 20.2 Å². The van der Waals surface area contributed by atoms with Crippen molar-refractivity contribution in [3.63, 3.8) is 0 Å². The number of halogens is 6. The van der Waals surface area contributed by atoms with Crippen LogP contribution in [0.4, 0.5) is 26.3 Å². The number of hydrogen-bond acceptors (Lipinski definition) is 1. The zero-order chi connectivity index (χ0) is 13.2. The Bertz CT molecular complexity index is 276. The quantitative estimate of drug-likeness (QED) is 0.558. The molecule has 0 bridgehead atoms. The first kappa shape index (κ1) is 15.1. The van der Waals surface area contributed by atoms with Gasteiger partial charge in [-0.1, -0.05) is 19.8 Å². The largest absolute Gasteiger partial charge is 0.438 e. The van der Waals surface area contributed by atoms with E-state index >= 15 is 0 Å². The van der Waals surface area contributed by atoms with Crippen LogP contribution in [0.3, 0.4) is 0 Å². The van der Waals surface area contributed by atoms with Gasteiger partial charge in [-0.3, -0.25) is 0 Å². The average molecular weight is 248 g/mol. The van der Waals surface area contributed by atoms with Gasteiger partial charge in [-0.05, 0) is 11.8 Å². The Morgan fingerprint density at radius 2 is 1.38 bits per heavy atom. The summed E-state index contributed by atoms with van der Waals surface area (Å²) in [4.78, 5) is 0. The third-order valence-electron chi connectivity index (χ3n) is 1.60. The van der Waals surface area contributed by atoms with E-state index in [1.165, 1.54) is 0 Å². The van der Waals surface area contributed by atoms with E-state index in [1.54, 1.807) is 19.8 Å². The lowest BCUT2D eigenvalue weighted by Gasteiger charge is -2.27. The lowest BCUT2D eigenvalue weighted by atomic mass is 10.0. The second kappa shape index (κ2) is 4.53. The maximum Gasteiger partial charge on any atom is 0.438 e. The highest BCUT2D eigenvalue weighted by molar-refractivity contribution is 5.20. The Morgan fingerprint density at radius 1 is 1.00 bits per heavy atom. The first-order valence-corrected chi connectivity index (χ1v) is 4.27. The molecule has 0 aliphatic heterocycles. The summed E-state index contributed by atoms with van der Waals surface area (Å²) in [5.41, 5.74) is -4.95. The minimum Gasteiger partial charge on any atom is -0.363 e. The van der Waals surface area contributed by atoms with Crippen molar-refractivity contribution < 1.29 is 31.4 Å². The van der Waals surface area contributed by atoms with E-state index in [0.717, 1.165) is 5.92 Å². The number of aliphatic hydroxyl groups is 1. The second-order valence-electron chi connectivity index (χ2n) is 3.61. The maximum atomic E-state index is 12.1. The Hall–Kier alpha value is -0.900. The lowest BCUT2D eigenvalue weighted by molar-refractivity contribution is -0.343. The third-order valence-corrected chi connectivity index (χ3v) is 1.60. The fourth-order valence-corrected chi connectivity index (χ4v) is 0.686. The molecule has 0 aliphatic carbocycles. The molecule has 0 amide bonds. The molecule has 1 nitrogen and oxygen atoms in total. The second-order valence-corrected chi connectivity index (χ2v) is 3.61. The summed E-state index contributed by atoms with van der Waals surface area (Å²) in [6.07, 6.45) is -11.9. The van der Waals surface area contributed by atoms with Crippen LogP contribution in [0.5, 0.6) is 0 Å². The Labute approximate surface area is 88.4 Å². The van der Waals surface area contributed by atoms with Gasteiger partial charge >= 0.3 is 18.0 Å². The standard InChI is InChI=1S/C9H10F6O/c1-6(2)4-3-5-7(16,8(10,11)12)9(13,14)15/h6,16H,4H2,1-2H3. The molecule has 0 atom stereocenters. The van der Waals surface area contributed by atoms with Gasteiger partial charge in [0.25, 0.3) is 0 Å². The van der Waals surface area contributed by atoms with E-state index < -0.39 is 18.0 Å². The zero-order valence-electron chi connectivity index (χ0n) is 8.50.